The van der Waals surface area contributed by atoms with Crippen molar-refractivity contribution in [1.82, 2.24) is 10.3 Å². The number of anilines is 1. The van der Waals surface area contributed by atoms with Gasteiger partial charge in [-0.15, -0.1) is 0 Å². The van der Waals surface area contributed by atoms with Gasteiger partial charge in [0.1, 0.15) is 5.60 Å². The third-order valence-electron chi connectivity index (χ3n) is 4.61. The predicted octanol–water partition coefficient (Wildman–Crippen LogP) is 2.96. The molecule has 0 radical (unpaired) electrons. The average Bonchev–Trinajstić information content (AvgIpc) is 2.68. The number of pyridine rings is 1. The molecule has 2 atom stereocenters. The summed E-state index contributed by atoms with van der Waals surface area (Å²) in [7, 11) is 0. The highest BCUT2D eigenvalue weighted by molar-refractivity contribution is 5.68. The minimum absolute atomic E-state index is 0.117. The van der Waals surface area contributed by atoms with E-state index < -0.39 is 5.60 Å². The number of carbonyl (C=O) groups excluding carboxylic acids is 1. The molecule has 126 valence electrons. The fourth-order valence-corrected chi connectivity index (χ4v) is 3.72. The quantitative estimate of drug-likeness (QED) is 0.910. The first kappa shape index (κ1) is 16.0. The van der Waals surface area contributed by atoms with Crippen molar-refractivity contribution in [2.45, 2.75) is 45.3 Å². The summed E-state index contributed by atoms with van der Waals surface area (Å²) in [5, 5.41) is 3.03. The molecule has 1 aromatic rings. The van der Waals surface area contributed by atoms with Crippen molar-refractivity contribution in [3.05, 3.63) is 24.3 Å². The highest BCUT2D eigenvalue weighted by Gasteiger charge is 2.43. The predicted molar refractivity (Wildman–Crippen MR) is 85.8 cm³/mol. The normalized spacial score (nSPS) is 27.0. The Hall–Kier alpha value is -1.85. The van der Waals surface area contributed by atoms with Crippen LogP contribution in [0.4, 0.5) is 14.9 Å². The summed E-state index contributed by atoms with van der Waals surface area (Å²) in [5.74, 6) is 0.369. The first-order chi connectivity index (χ1) is 10.8. The second-order valence-corrected chi connectivity index (χ2v) is 7.50. The lowest BCUT2D eigenvalue weighted by Crippen LogP contribution is -2.53. The van der Waals surface area contributed by atoms with Crippen LogP contribution in [-0.4, -0.2) is 35.8 Å². The molecule has 1 saturated heterocycles. The molecule has 1 aromatic heterocycles. The zero-order valence-corrected chi connectivity index (χ0v) is 13.9. The van der Waals surface area contributed by atoms with E-state index in [-0.39, 0.29) is 18.0 Å². The molecule has 2 fully saturated rings. The fraction of sp³-hybridized carbons (Fsp3) is 0.647. The summed E-state index contributed by atoms with van der Waals surface area (Å²) < 4.78 is 19.3. The summed E-state index contributed by atoms with van der Waals surface area (Å²) in [6.07, 6.45) is 4.61. The topological polar surface area (TPSA) is 54.5 Å². The monoisotopic (exact) mass is 321 g/mol. The first-order valence-electron chi connectivity index (χ1n) is 8.17. The third-order valence-corrected chi connectivity index (χ3v) is 4.61. The lowest BCUT2D eigenvalue weighted by Gasteiger charge is -2.39. The van der Waals surface area contributed by atoms with Gasteiger partial charge in [-0.25, -0.2) is 9.18 Å². The molecule has 1 saturated carbocycles. The number of aromatic nitrogens is 1. The molecule has 23 heavy (non-hydrogen) atoms. The number of hydrogen-bond donors (Lipinski definition) is 1. The van der Waals surface area contributed by atoms with Gasteiger partial charge in [0.25, 0.3) is 0 Å². The van der Waals surface area contributed by atoms with Crippen molar-refractivity contribution >= 4 is 11.8 Å². The number of halogens is 1. The van der Waals surface area contributed by atoms with Gasteiger partial charge >= 0.3 is 6.09 Å². The number of amides is 1. The molecule has 1 N–H and O–H groups in total. The van der Waals surface area contributed by atoms with E-state index in [1.54, 1.807) is 12.3 Å². The Morgan fingerprint density at radius 3 is 2.57 bits per heavy atom. The smallest absolute Gasteiger partial charge is 0.407 e. The van der Waals surface area contributed by atoms with Crippen molar-refractivity contribution in [3.63, 3.8) is 0 Å². The Bertz CT molecular complexity index is 573. The van der Waals surface area contributed by atoms with Gasteiger partial charge in [-0.3, -0.25) is 4.98 Å². The van der Waals surface area contributed by atoms with Gasteiger partial charge in [0.15, 0.2) is 5.82 Å². The van der Waals surface area contributed by atoms with Crippen molar-refractivity contribution in [2.24, 2.45) is 11.8 Å². The molecular weight excluding hydrogens is 297 g/mol. The average molecular weight is 321 g/mol. The van der Waals surface area contributed by atoms with Gasteiger partial charge in [-0.2, -0.15) is 0 Å². The van der Waals surface area contributed by atoms with E-state index >= 15 is 0 Å². The standard InChI is InChI=1S/C17H24FN3O2/c1-17(2,3)23-16(22)20-15-11-4-5-12(15)10-21(9-11)14-6-7-19-8-13(14)18/h6-8,11-12,15H,4-5,9-10H2,1-3H3,(H,20,22). The van der Waals surface area contributed by atoms with Gasteiger partial charge < -0.3 is 15.0 Å². The molecule has 6 heteroatoms. The molecule has 5 nitrogen and oxygen atoms in total. The number of piperidine rings is 1. The molecule has 2 bridgehead atoms. The number of nitrogens with one attached hydrogen (secondary N) is 1. The van der Waals surface area contributed by atoms with Gasteiger partial charge in [0.2, 0.25) is 0 Å². The van der Waals surface area contributed by atoms with Crippen molar-refractivity contribution in [3.8, 4) is 0 Å². The molecule has 1 aliphatic heterocycles. The molecule has 2 unspecified atom stereocenters. The molecule has 0 aromatic carbocycles. The first-order valence-corrected chi connectivity index (χ1v) is 8.17. The number of carbonyl (C=O) groups is 1. The van der Waals surface area contributed by atoms with Crippen molar-refractivity contribution < 1.29 is 13.9 Å². The maximum atomic E-state index is 13.9. The van der Waals surface area contributed by atoms with Crippen LogP contribution in [0.2, 0.25) is 0 Å². The highest BCUT2D eigenvalue weighted by atomic mass is 19.1. The Balaban J connectivity index is 1.66. The van der Waals surface area contributed by atoms with Crippen LogP contribution in [0.1, 0.15) is 33.6 Å². The van der Waals surface area contributed by atoms with E-state index in [0.717, 1.165) is 25.9 Å². The Morgan fingerprint density at radius 1 is 1.35 bits per heavy atom. The number of hydrogen-bond acceptors (Lipinski definition) is 4. The van der Waals surface area contributed by atoms with Crippen LogP contribution in [-0.2, 0) is 4.74 Å². The summed E-state index contributed by atoms with van der Waals surface area (Å²) in [6, 6.07) is 1.84. The molecule has 3 rings (SSSR count). The molecule has 2 aliphatic rings. The summed E-state index contributed by atoms with van der Waals surface area (Å²) >= 11 is 0. The Kier molecular flexibility index (Phi) is 4.17. The summed E-state index contributed by atoms with van der Waals surface area (Å²) in [5.41, 5.74) is 0.108. The van der Waals surface area contributed by atoms with Crippen LogP contribution in [0.25, 0.3) is 0 Å². The SMILES string of the molecule is CC(C)(C)OC(=O)NC1C2CCC1CN(c1ccncc1F)C2. The van der Waals surface area contributed by atoms with E-state index in [0.29, 0.717) is 17.5 Å². The van der Waals surface area contributed by atoms with E-state index in [1.807, 2.05) is 20.8 Å². The lowest BCUT2D eigenvalue weighted by atomic mass is 9.92. The minimum atomic E-state index is -0.496. The highest BCUT2D eigenvalue weighted by Crippen LogP contribution is 2.39. The summed E-state index contributed by atoms with van der Waals surface area (Å²) in [6.45, 7) is 7.07. The van der Waals surface area contributed by atoms with Crippen LogP contribution in [0.3, 0.4) is 0 Å². The maximum absolute atomic E-state index is 13.9. The number of nitrogens with zero attached hydrogens (tertiary/aromatic N) is 2. The molecular formula is C17H24FN3O2. The molecule has 2 heterocycles. The largest absolute Gasteiger partial charge is 0.444 e. The van der Waals surface area contributed by atoms with Gasteiger partial charge in [-0.1, -0.05) is 0 Å². The lowest BCUT2D eigenvalue weighted by molar-refractivity contribution is 0.0472. The Labute approximate surface area is 136 Å². The van der Waals surface area contributed by atoms with E-state index in [1.165, 1.54) is 6.20 Å². The summed E-state index contributed by atoms with van der Waals surface area (Å²) in [4.78, 5) is 17.9. The van der Waals surface area contributed by atoms with E-state index in [9.17, 15) is 9.18 Å². The van der Waals surface area contributed by atoms with Crippen LogP contribution in [0, 0.1) is 17.7 Å². The van der Waals surface area contributed by atoms with Gasteiger partial charge in [0, 0.05) is 25.3 Å². The zero-order valence-electron chi connectivity index (χ0n) is 13.9. The van der Waals surface area contributed by atoms with Crippen LogP contribution < -0.4 is 10.2 Å². The Morgan fingerprint density at radius 2 is 2.00 bits per heavy atom. The van der Waals surface area contributed by atoms with Gasteiger partial charge in [-0.05, 0) is 51.5 Å². The maximum Gasteiger partial charge on any atom is 0.407 e. The fourth-order valence-electron chi connectivity index (χ4n) is 3.72. The minimum Gasteiger partial charge on any atom is -0.444 e. The zero-order chi connectivity index (χ0) is 16.6. The van der Waals surface area contributed by atoms with Crippen LogP contribution in [0.5, 0.6) is 0 Å². The number of rotatable bonds is 2. The van der Waals surface area contributed by atoms with E-state index in [4.69, 9.17) is 4.74 Å². The van der Waals surface area contributed by atoms with Crippen molar-refractivity contribution in [2.75, 3.05) is 18.0 Å². The van der Waals surface area contributed by atoms with E-state index in [2.05, 4.69) is 15.2 Å². The van der Waals surface area contributed by atoms with Crippen LogP contribution in [0.15, 0.2) is 18.5 Å². The number of fused-ring (bicyclic) bond motifs is 2. The second kappa shape index (κ2) is 5.98. The number of alkyl carbamates (subject to hydrolysis) is 1. The molecule has 1 aliphatic carbocycles. The molecule has 1 amide bonds. The number of ether oxygens (including phenoxy) is 1. The van der Waals surface area contributed by atoms with Crippen LogP contribution >= 0.6 is 0 Å². The second-order valence-electron chi connectivity index (χ2n) is 7.50. The van der Waals surface area contributed by atoms with Gasteiger partial charge in [0.05, 0.1) is 11.9 Å². The third kappa shape index (κ3) is 3.57. The molecule has 0 spiro atoms. The van der Waals surface area contributed by atoms with Crippen molar-refractivity contribution in [1.29, 1.82) is 0 Å².